The number of benzene rings is 3. The molecule has 306 valence electrons. The number of Topliss-reactive ketones (excluding diaryl/α,β-unsaturated/α-hetero) is 2. The van der Waals surface area contributed by atoms with Gasteiger partial charge in [0, 0.05) is 29.7 Å². The first-order valence-electron chi connectivity index (χ1n) is 20.2. The molecule has 0 heterocycles. The molecular weight excluding hydrogens is 742 g/mol. The Hall–Kier alpha value is -4.84. The smallest absolute Gasteiger partial charge is 0.306 e. The first kappa shape index (κ1) is 41.3. The van der Waals surface area contributed by atoms with Gasteiger partial charge in [-0.05, 0) is 84.1 Å². The quantitative estimate of drug-likeness (QED) is 0.175. The van der Waals surface area contributed by atoms with Crippen molar-refractivity contribution in [1.82, 2.24) is 0 Å². The van der Waals surface area contributed by atoms with Crippen LogP contribution in [0.3, 0.4) is 0 Å². The lowest BCUT2D eigenvalue weighted by Gasteiger charge is -2.62. The van der Waals surface area contributed by atoms with Crippen LogP contribution < -0.4 is 5.73 Å². The Kier molecular flexibility index (Phi) is 11.2. The van der Waals surface area contributed by atoms with Crippen molar-refractivity contribution < 1.29 is 48.0 Å². The molecule has 1 unspecified atom stereocenters. The molecule has 3 aromatic carbocycles. The number of rotatable bonds is 13. The molecule has 0 amide bonds. The van der Waals surface area contributed by atoms with Crippen LogP contribution in [0, 0.1) is 28.6 Å². The lowest BCUT2D eigenvalue weighted by atomic mass is 9.44. The predicted molar refractivity (Wildman–Crippen MR) is 214 cm³/mol. The number of ketones is 3. The van der Waals surface area contributed by atoms with Gasteiger partial charge in [0.25, 0.3) is 0 Å². The summed E-state index contributed by atoms with van der Waals surface area (Å²) in [4.78, 5) is 64.4. The van der Waals surface area contributed by atoms with Gasteiger partial charge in [0.05, 0.1) is 24.9 Å². The summed E-state index contributed by atoms with van der Waals surface area (Å²) in [5.41, 5.74) is 2.49. The number of hydrogen-bond donors (Lipinski definition) is 3. The van der Waals surface area contributed by atoms with Crippen LogP contribution in [-0.2, 0) is 46.5 Å². The fourth-order valence-corrected chi connectivity index (χ4v) is 10.9. The van der Waals surface area contributed by atoms with Crippen molar-refractivity contribution in [2.24, 2.45) is 34.3 Å². The van der Waals surface area contributed by atoms with E-state index < -0.39 is 76.2 Å². The topological polar surface area (TPSA) is 170 Å². The van der Waals surface area contributed by atoms with Gasteiger partial charge in [-0.2, -0.15) is 0 Å². The fourth-order valence-electron chi connectivity index (χ4n) is 10.9. The molecule has 58 heavy (non-hydrogen) atoms. The Balaban J connectivity index is 0.890. The normalized spacial score (nSPS) is 31.7. The highest BCUT2D eigenvalue weighted by Crippen LogP contribution is 2.70. The van der Waals surface area contributed by atoms with Gasteiger partial charge in [0.1, 0.15) is 18.0 Å². The number of aliphatic hydroxyl groups excluding tert-OH is 1. The van der Waals surface area contributed by atoms with E-state index in [-0.39, 0.29) is 50.4 Å². The van der Waals surface area contributed by atoms with Crippen molar-refractivity contribution in [2.45, 2.75) is 95.6 Å². The number of fused-ring (bicyclic) bond motifs is 6. The third-order valence-corrected chi connectivity index (χ3v) is 14.1. The number of esters is 2. The Morgan fingerprint density at radius 1 is 0.931 bits per heavy atom. The first-order chi connectivity index (χ1) is 27.5. The maximum absolute atomic E-state index is 17.4. The Morgan fingerprint density at radius 3 is 2.31 bits per heavy atom. The van der Waals surface area contributed by atoms with E-state index in [1.807, 2.05) is 42.5 Å². The average molecular weight is 794 g/mol. The summed E-state index contributed by atoms with van der Waals surface area (Å²) in [7, 11) is 0. The van der Waals surface area contributed by atoms with Gasteiger partial charge in [-0.1, -0.05) is 92.2 Å². The third kappa shape index (κ3) is 6.94. The molecule has 11 heteroatoms. The highest BCUT2D eigenvalue weighted by atomic mass is 19.1. The summed E-state index contributed by atoms with van der Waals surface area (Å²) in [5.74, 6) is -4.68. The molecule has 4 aliphatic rings. The molecule has 0 bridgehead atoms. The number of aliphatic hydroxyl groups is 2. The molecule has 0 saturated heterocycles. The Bertz CT molecular complexity index is 2200. The molecule has 9 atom stereocenters. The molecule has 3 fully saturated rings. The monoisotopic (exact) mass is 793 g/mol. The zero-order valence-corrected chi connectivity index (χ0v) is 33.2. The summed E-state index contributed by atoms with van der Waals surface area (Å²) >= 11 is 0. The minimum absolute atomic E-state index is 0.000820. The van der Waals surface area contributed by atoms with Gasteiger partial charge in [-0.15, -0.1) is 0 Å². The zero-order valence-electron chi connectivity index (χ0n) is 33.2. The van der Waals surface area contributed by atoms with Crippen LogP contribution in [-0.4, -0.2) is 70.0 Å². The largest absolute Gasteiger partial charge is 0.461 e. The molecule has 0 aromatic heterocycles. The van der Waals surface area contributed by atoms with Gasteiger partial charge in [-0.3, -0.25) is 24.0 Å². The van der Waals surface area contributed by atoms with Gasteiger partial charge in [0.2, 0.25) is 5.78 Å². The summed E-state index contributed by atoms with van der Waals surface area (Å²) in [6.07, 6.45) is 3.38. The number of carbonyl (C=O) groups excluding carboxylic acids is 5. The fraction of sp³-hybridized carbons (Fsp3) is 0.468. The molecule has 3 saturated carbocycles. The maximum Gasteiger partial charge on any atom is 0.306 e. The zero-order chi connectivity index (χ0) is 41.6. The van der Waals surface area contributed by atoms with Crippen molar-refractivity contribution in [1.29, 1.82) is 0 Å². The van der Waals surface area contributed by atoms with E-state index in [0.717, 1.165) is 21.9 Å². The lowest BCUT2D eigenvalue weighted by Crippen LogP contribution is -2.69. The summed E-state index contributed by atoms with van der Waals surface area (Å²) in [6.45, 7) is 4.48. The molecule has 7 rings (SSSR count). The number of carbonyl (C=O) groups is 5. The molecule has 3 aromatic rings. The molecule has 10 nitrogen and oxygen atoms in total. The van der Waals surface area contributed by atoms with Crippen molar-refractivity contribution in [3.05, 3.63) is 107 Å². The SMILES string of the molecule is C[C@@H]1C[C@H]2[C@@H]3CCC4=CC(=O)C=C[C@]4(C)[C@@]3(F)[C@@H](O)C[C@]2(C)[C@@]1(O)C(=O)COC(=O)CCC(=O)OCc1ccc(C(CN)C(=O)Cc2ccc3ccccc3c2)cc1. The minimum Gasteiger partial charge on any atom is -0.461 e. The van der Waals surface area contributed by atoms with Crippen LogP contribution in [0.5, 0.6) is 0 Å². The second-order valence-electron chi connectivity index (χ2n) is 17.3. The molecule has 0 aliphatic heterocycles. The van der Waals surface area contributed by atoms with Gasteiger partial charge < -0.3 is 25.4 Å². The van der Waals surface area contributed by atoms with E-state index in [0.29, 0.717) is 30.4 Å². The lowest BCUT2D eigenvalue weighted by molar-refractivity contribution is -0.220. The van der Waals surface area contributed by atoms with Crippen LogP contribution in [0.25, 0.3) is 10.8 Å². The molecule has 0 radical (unpaired) electrons. The summed E-state index contributed by atoms with van der Waals surface area (Å²) < 4.78 is 28.1. The molecule has 4 N–H and O–H groups in total. The van der Waals surface area contributed by atoms with E-state index in [9.17, 15) is 34.2 Å². The van der Waals surface area contributed by atoms with Crippen LogP contribution in [0.15, 0.2) is 90.5 Å². The molecule has 0 spiro atoms. The number of nitrogens with two attached hydrogens (primary N) is 1. The second-order valence-corrected chi connectivity index (χ2v) is 17.3. The van der Waals surface area contributed by atoms with E-state index in [1.165, 1.54) is 12.2 Å². The second kappa shape index (κ2) is 15.7. The number of alkyl halides is 1. The van der Waals surface area contributed by atoms with E-state index in [4.69, 9.17) is 15.2 Å². The van der Waals surface area contributed by atoms with E-state index in [1.54, 1.807) is 51.1 Å². The average Bonchev–Trinajstić information content (AvgIpc) is 3.41. The van der Waals surface area contributed by atoms with Crippen LogP contribution in [0.4, 0.5) is 4.39 Å². The molecule has 4 aliphatic carbocycles. The number of ether oxygens (including phenoxy) is 2. The Morgan fingerprint density at radius 2 is 1.60 bits per heavy atom. The van der Waals surface area contributed by atoms with E-state index >= 15 is 4.39 Å². The minimum atomic E-state index is -2.11. The maximum atomic E-state index is 17.4. The van der Waals surface area contributed by atoms with Crippen molar-refractivity contribution in [3.63, 3.8) is 0 Å². The van der Waals surface area contributed by atoms with Crippen molar-refractivity contribution >= 4 is 40.1 Å². The predicted octanol–water partition coefficient (Wildman–Crippen LogP) is 5.98. The summed E-state index contributed by atoms with van der Waals surface area (Å²) in [6, 6.07) is 21.0. The first-order valence-corrected chi connectivity index (χ1v) is 20.2. The number of hydrogen-bond acceptors (Lipinski definition) is 10. The van der Waals surface area contributed by atoms with Gasteiger partial charge in [0.15, 0.2) is 18.1 Å². The standard InChI is InChI=1S/C47H52FNO9/c1-28-20-38-37-15-14-34-23-35(50)18-19-44(34,2)46(37,48)40(52)24-45(38,3)47(28,56)41(53)27-58-43(55)17-16-42(54)57-26-29-8-12-32(13-9-29)36(25-49)39(51)22-30-10-11-31-6-4-5-7-33(31)21-30/h4-13,18-19,21,23,28,36-38,40,52,56H,14-17,20,22,24-27,49H2,1-3H3/t28-,36?,37+,38+,40+,44+,45+,46+,47+/m1/s1. The third-order valence-electron chi connectivity index (χ3n) is 14.1. The van der Waals surface area contributed by atoms with Gasteiger partial charge in [-0.25, -0.2) is 4.39 Å². The van der Waals surface area contributed by atoms with Crippen LogP contribution >= 0.6 is 0 Å². The Labute approximate surface area is 337 Å². The van der Waals surface area contributed by atoms with Crippen molar-refractivity contribution in [3.8, 4) is 0 Å². The summed E-state index contributed by atoms with van der Waals surface area (Å²) in [5, 5.41) is 25.9. The van der Waals surface area contributed by atoms with Crippen LogP contribution in [0.2, 0.25) is 0 Å². The molecular formula is C47H52FNO9. The number of halogens is 1. The van der Waals surface area contributed by atoms with Crippen LogP contribution in [0.1, 0.15) is 81.9 Å². The van der Waals surface area contributed by atoms with Gasteiger partial charge >= 0.3 is 11.9 Å². The van der Waals surface area contributed by atoms with E-state index in [2.05, 4.69) is 0 Å². The highest BCUT2D eigenvalue weighted by Gasteiger charge is 2.75. The van der Waals surface area contributed by atoms with Crippen molar-refractivity contribution in [2.75, 3.05) is 13.2 Å². The number of allylic oxidation sites excluding steroid dienone is 4. The highest BCUT2D eigenvalue weighted by molar-refractivity contribution is 6.01.